The molecule has 0 amide bonds. The standard InChI is InChI=1S/C14H20N2O/c1-11-9-12(16)5-6-13(11)17-8-4-7-14(2,3)10-15/h5-6,9H,4,7-8,16H2,1-3H3. The van der Waals surface area contributed by atoms with Gasteiger partial charge in [0.25, 0.3) is 0 Å². The number of nitrogens with two attached hydrogens (primary N) is 1. The molecular weight excluding hydrogens is 212 g/mol. The SMILES string of the molecule is Cc1cc(N)ccc1OCCCC(C)(C)C#N. The van der Waals surface area contributed by atoms with E-state index < -0.39 is 0 Å². The average Bonchev–Trinajstić information content (AvgIpc) is 2.27. The molecule has 0 spiro atoms. The van der Waals surface area contributed by atoms with E-state index in [1.807, 2.05) is 39.0 Å². The first kappa shape index (κ1) is 13.4. The molecule has 1 rings (SSSR count). The van der Waals surface area contributed by atoms with Gasteiger partial charge < -0.3 is 10.5 Å². The molecule has 1 aromatic rings. The highest BCUT2D eigenvalue weighted by Crippen LogP contribution is 2.23. The van der Waals surface area contributed by atoms with Crippen molar-refractivity contribution in [2.45, 2.75) is 33.6 Å². The fraction of sp³-hybridized carbons (Fsp3) is 0.500. The van der Waals surface area contributed by atoms with Crippen molar-refractivity contribution in [1.29, 1.82) is 5.26 Å². The largest absolute Gasteiger partial charge is 0.493 e. The van der Waals surface area contributed by atoms with Gasteiger partial charge in [-0.05, 0) is 57.4 Å². The first-order valence-electron chi connectivity index (χ1n) is 5.85. The molecule has 0 aliphatic heterocycles. The lowest BCUT2D eigenvalue weighted by Gasteiger charge is -2.15. The van der Waals surface area contributed by atoms with Gasteiger partial charge in [-0.2, -0.15) is 5.26 Å². The molecule has 17 heavy (non-hydrogen) atoms. The number of nitriles is 1. The van der Waals surface area contributed by atoms with Gasteiger partial charge in [0.1, 0.15) is 5.75 Å². The van der Waals surface area contributed by atoms with Crippen LogP contribution >= 0.6 is 0 Å². The van der Waals surface area contributed by atoms with Crippen molar-refractivity contribution >= 4 is 5.69 Å². The van der Waals surface area contributed by atoms with Crippen LogP contribution in [-0.4, -0.2) is 6.61 Å². The third-order valence-corrected chi connectivity index (χ3v) is 2.71. The minimum Gasteiger partial charge on any atom is -0.493 e. The van der Waals surface area contributed by atoms with Crippen LogP contribution in [0.4, 0.5) is 5.69 Å². The van der Waals surface area contributed by atoms with Gasteiger partial charge in [0, 0.05) is 5.69 Å². The summed E-state index contributed by atoms with van der Waals surface area (Å²) in [6, 6.07) is 7.91. The predicted octanol–water partition coefficient (Wildman–Crippen LogP) is 3.29. The highest BCUT2D eigenvalue weighted by molar-refractivity contribution is 5.47. The number of rotatable bonds is 5. The fourth-order valence-corrected chi connectivity index (χ4v) is 1.59. The maximum absolute atomic E-state index is 8.88. The van der Waals surface area contributed by atoms with Gasteiger partial charge in [0.2, 0.25) is 0 Å². The zero-order valence-electron chi connectivity index (χ0n) is 10.8. The summed E-state index contributed by atoms with van der Waals surface area (Å²) >= 11 is 0. The number of ether oxygens (including phenoxy) is 1. The van der Waals surface area contributed by atoms with Crippen molar-refractivity contribution in [3.05, 3.63) is 23.8 Å². The van der Waals surface area contributed by atoms with Crippen LogP contribution in [0.25, 0.3) is 0 Å². The van der Waals surface area contributed by atoms with Crippen LogP contribution in [0.3, 0.4) is 0 Å². The first-order valence-corrected chi connectivity index (χ1v) is 5.85. The van der Waals surface area contributed by atoms with Crippen LogP contribution in [0, 0.1) is 23.7 Å². The Morgan fingerprint density at radius 1 is 1.41 bits per heavy atom. The van der Waals surface area contributed by atoms with Crippen LogP contribution in [-0.2, 0) is 0 Å². The molecule has 0 atom stereocenters. The second-order valence-corrected chi connectivity index (χ2v) is 4.97. The van der Waals surface area contributed by atoms with Crippen LogP contribution in [0.1, 0.15) is 32.3 Å². The zero-order valence-corrected chi connectivity index (χ0v) is 10.8. The predicted molar refractivity (Wildman–Crippen MR) is 69.7 cm³/mol. The van der Waals surface area contributed by atoms with E-state index in [0.29, 0.717) is 6.61 Å². The molecule has 0 radical (unpaired) electrons. The van der Waals surface area contributed by atoms with Crippen LogP contribution in [0.15, 0.2) is 18.2 Å². The molecule has 0 unspecified atom stereocenters. The van der Waals surface area contributed by atoms with E-state index in [4.69, 9.17) is 15.7 Å². The normalized spacial score (nSPS) is 10.9. The van der Waals surface area contributed by atoms with E-state index in [-0.39, 0.29) is 5.41 Å². The summed E-state index contributed by atoms with van der Waals surface area (Å²) in [6.07, 6.45) is 1.72. The Morgan fingerprint density at radius 3 is 2.71 bits per heavy atom. The molecule has 1 aromatic carbocycles. The Bertz CT molecular complexity index is 419. The fourth-order valence-electron chi connectivity index (χ4n) is 1.59. The van der Waals surface area contributed by atoms with Crippen molar-refractivity contribution < 1.29 is 4.74 Å². The molecule has 3 nitrogen and oxygen atoms in total. The summed E-state index contributed by atoms with van der Waals surface area (Å²) in [6.45, 7) is 6.50. The second kappa shape index (κ2) is 5.58. The van der Waals surface area contributed by atoms with Gasteiger partial charge in [0.15, 0.2) is 0 Å². The quantitative estimate of drug-likeness (QED) is 0.626. The van der Waals surface area contributed by atoms with Gasteiger partial charge in [-0.1, -0.05) is 0 Å². The Balaban J connectivity index is 2.39. The Morgan fingerprint density at radius 2 is 2.12 bits per heavy atom. The molecule has 0 aliphatic rings. The minimum absolute atomic E-state index is 0.264. The number of aryl methyl sites for hydroxylation is 1. The van der Waals surface area contributed by atoms with E-state index in [2.05, 4.69) is 6.07 Å². The highest BCUT2D eigenvalue weighted by Gasteiger charge is 2.15. The third kappa shape index (κ3) is 4.36. The average molecular weight is 232 g/mol. The van der Waals surface area contributed by atoms with Crippen molar-refractivity contribution in [1.82, 2.24) is 0 Å². The molecule has 0 fully saturated rings. The Hall–Kier alpha value is -1.69. The summed E-state index contributed by atoms with van der Waals surface area (Å²) in [7, 11) is 0. The number of anilines is 1. The molecule has 0 saturated heterocycles. The highest BCUT2D eigenvalue weighted by atomic mass is 16.5. The lowest BCUT2D eigenvalue weighted by atomic mass is 9.90. The summed E-state index contributed by atoms with van der Waals surface area (Å²) in [5.41, 5.74) is 7.20. The van der Waals surface area contributed by atoms with Gasteiger partial charge in [-0.25, -0.2) is 0 Å². The Labute approximate surface area is 103 Å². The summed E-state index contributed by atoms with van der Waals surface area (Å²) in [5.74, 6) is 0.869. The molecule has 3 heteroatoms. The zero-order chi connectivity index (χ0) is 12.9. The molecule has 2 N–H and O–H groups in total. The Kier molecular flexibility index (Phi) is 4.39. The second-order valence-electron chi connectivity index (χ2n) is 4.97. The molecule has 0 heterocycles. The lowest BCUT2D eigenvalue weighted by Crippen LogP contribution is -2.10. The molecule has 0 saturated carbocycles. The topological polar surface area (TPSA) is 59.0 Å². The van der Waals surface area contributed by atoms with Gasteiger partial charge >= 0.3 is 0 Å². The van der Waals surface area contributed by atoms with E-state index in [1.165, 1.54) is 0 Å². The molecule has 92 valence electrons. The maximum Gasteiger partial charge on any atom is 0.122 e. The van der Waals surface area contributed by atoms with E-state index in [9.17, 15) is 0 Å². The van der Waals surface area contributed by atoms with Crippen LogP contribution in [0.5, 0.6) is 5.75 Å². The van der Waals surface area contributed by atoms with Crippen molar-refractivity contribution in [2.75, 3.05) is 12.3 Å². The van der Waals surface area contributed by atoms with Gasteiger partial charge in [-0.3, -0.25) is 0 Å². The number of benzene rings is 1. The van der Waals surface area contributed by atoms with Crippen molar-refractivity contribution in [2.24, 2.45) is 5.41 Å². The van der Waals surface area contributed by atoms with Crippen LogP contribution < -0.4 is 10.5 Å². The molecular formula is C14H20N2O. The van der Waals surface area contributed by atoms with Gasteiger partial charge in [-0.15, -0.1) is 0 Å². The summed E-state index contributed by atoms with van der Waals surface area (Å²) < 4.78 is 5.67. The first-order chi connectivity index (χ1) is 7.94. The number of nitrogen functional groups attached to an aromatic ring is 1. The van der Waals surface area contributed by atoms with Gasteiger partial charge in [0.05, 0.1) is 18.1 Å². The monoisotopic (exact) mass is 232 g/mol. The van der Waals surface area contributed by atoms with E-state index >= 15 is 0 Å². The maximum atomic E-state index is 8.88. The summed E-state index contributed by atoms with van der Waals surface area (Å²) in [5, 5.41) is 8.88. The summed E-state index contributed by atoms with van der Waals surface area (Å²) in [4.78, 5) is 0. The van der Waals surface area contributed by atoms with Crippen molar-refractivity contribution in [3.63, 3.8) is 0 Å². The van der Waals surface area contributed by atoms with E-state index in [1.54, 1.807) is 0 Å². The number of hydrogen-bond donors (Lipinski definition) is 1. The number of nitrogens with zero attached hydrogens (tertiary/aromatic N) is 1. The molecule has 0 bridgehead atoms. The van der Waals surface area contributed by atoms with E-state index in [0.717, 1.165) is 29.8 Å². The minimum atomic E-state index is -0.264. The lowest BCUT2D eigenvalue weighted by molar-refractivity contribution is 0.283. The molecule has 0 aromatic heterocycles. The van der Waals surface area contributed by atoms with Crippen LogP contribution in [0.2, 0.25) is 0 Å². The smallest absolute Gasteiger partial charge is 0.122 e. The third-order valence-electron chi connectivity index (χ3n) is 2.71. The van der Waals surface area contributed by atoms with Crippen molar-refractivity contribution in [3.8, 4) is 11.8 Å². The molecule has 0 aliphatic carbocycles. The number of hydrogen-bond acceptors (Lipinski definition) is 3.